The van der Waals surface area contributed by atoms with Crippen LogP contribution in [0.1, 0.15) is 6.42 Å². The van der Waals surface area contributed by atoms with Crippen LogP contribution >= 0.6 is 11.6 Å². The first kappa shape index (κ1) is 10.7. The van der Waals surface area contributed by atoms with Gasteiger partial charge in [0, 0.05) is 17.3 Å². The summed E-state index contributed by atoms with van der Waals surface area (Å²) in [6.07, 6.45) is 0.570. The number of halogens is 2. The van der Waals surface area contributed by atoms with Crippen molar-refractivity contribution in [3.05, 3.63) is 29.3 Å². The number of hydrogen-bond donors (Lipinski definition) is 2. The van der Waals surface area contributed by atoms with Crippen LogP contribution in [0, 0.1) is 0 Å². The Bertz CT molecular complexity index is 337. The second-order valence-corrected chi connectivity index (χ2v) is 4.38. The van der Waals surface area contributed by atoms with Crippen molar-refractivity contribution in [1.82, 2.24) is 5.32 Å². The molecule has 0 spiro atoms. The van der Waals surface area contributed by atoms with Crippen LogP contribution in [0.25, 0.3) is 0 Å². The van der Waals surface area contributed by atoms with E-state index in [1.54, 1.807) is 12.1 Å². The van der Waals surface area contributed by atoms with Gasteiger partial charge in [-0.15, -0.1) is 0 Å². The molecule has 82 valence electrons. The van der Waals surface area contributed by atoms with Crippen LogP contribution in [-0.4, -0.2) is 25.3 Å². The zero-order valence-corrected chi connectivity index (χ0v) is 9.15. The van der Waals surface area contributed by atoms with Crippen LogP contribution in [0.4, 0.5) is 10.1 Å². The minimum absolute atomic E-state index is 0.334. The zero-order valence-electron chi connectivity index (χ0n) is 8.39. The lowest BCUT2D eigenvalue weighted by Crippen LogP contribution is -2.34. The minimum atomic E-state index is -1.12. The van der Waals surface area contributed by atoms with Crippen molar-refractivity contribution in [2.75, 3.05) is 25.0 Å². The van der Waals surface area contributed by atoms with Gasteiger partial charge < -0.3 is 10.6 Å². The highest BCUT2D eigenvalue weighted by Gasteiger charge is 2.33. The van der Waals surface area contributed by atoms with E-state index in [-0.39, 0.29) is 0 Å². The van der Waals surface area contributed by atoms with E-state index in [0.29, 0.717) is 24.5 Å². The van der Waals surface area contributed by atoms with Crippen molar-refractivity contribution < 1.29 is 4.39 Å². The largest absolute Gasteiger partial charge is 0.382 e. The standard InChI is InChI=1S/C11H14ClFN2/c12-9-2-1-3-10(6-9)15-8-11(13)4-5-14-7-11/h1-3,6,14-15H,4-5,7-8H2. The number of rotatable bonds is 3. The number of anilines is 1. The molecule has 2 N–H and O–H groups in total. The Morgan fingerprint density at radius 1 is 1.53 bits per heavy atom. The molecule has 0 radical (unpaired) electrons. The molecule has 4 heteroatoms. The smallest absolute Gasteiger partial charge is 0.141 e. The second kappa shape index (κ2) is 4.37. The molecule has 0 aliphatic carbocycles. The van der Waals surface area contributed by atoms with Crippen LogP contribution in [-0.2, 0) is 0 Å². The third kappa shape index (κ3) is 2.83. The Labute approximate surface area is 93.8 Å². The Hall–Kier alpha value is -0.800. The van der Waals surface area contributed by atoms with E-state index in [2.05, 4.69) is 10.6 Å². The molecule has 1 heterocycles. The van der Waals surface area contributed by atoms with Crippen LogP contribution in [0.2, 0.25) is 5.02 Å². The lowest BCUT2D eigenvalue weighted by molar-refractivity contribution is 0.208. The molecule has 1 saturated heterocycles. The molecule has 1 unspecified atom stereocenters. The van der Waals surface area contributed by atoms with E-state index < -0.39 is 5.67 Å². The molecule has 2 rings (SSSR count). The minimum Gasteiger partial charge on any atom is -0.382 e. The average molecular weight is 229 g/mol. The highest BCUT2D eigenvalue weighted by Crippen LogP contribution is 2.21. The van der Waals surface area contributed by atoms with E-state index in [1.165, 1.54) is 0 Å². The van der Waals surface area contributed by atoms with E-state index in [4.69, 9.17) is 11.6 Å². The maximum atomic E-state index is 13.9. The zero-order chi connectivity index (χ0) is 10.7. The van der Waals surface area contributed by atoms with E-state index in [9.17, 15) is 4.39 Å². The van der Waals surface area contributed by atoms with Gasteiger partial charge in [0.25, 0.3) is 0 Å². The Morgan fingerprint density at radius 3 is 3.07 bits per heavy atom. The van der Waals surface area contributed by atoms with Gasteiger partial charge in [0.2, 0.25) is 0 Å². The van der Waals surface area contributed by atoms with E-state index >= 15 is 0 Å². The molecule has 0 saturated carbocycles. The first-order chi connectivity index (χ1) is 7.18. The average Bonchev–Trinajstić information content (AvgIpc) is 2.63. The normalized spacial score (nSPS) is 25.5. The molecule has 1 fully saturated rings. The van der Waals surface area contributed by atoms with Gasteiger partial charge in [0.1, 0.15) is 5.67 Å². The highest BCUT2D eigenvalue weighted by molar-refractivity contribution is 6.30. The number of alkyl halides is 1. The summed E-state index contributed by atoms with van der Waals surface area (Å²) in [6, 6.07) is 7.34. The van der Waals surface area contributed by atoms with Crippen LogP contribution in [0.15, 0.2) is 24.3 Å². The summed E-state index contributed by atoms with van der Waals surface area (Å²) in [5.41, 5.74) is -0.256. The molecule has 1 atom stereocenters. The number of hydrogen-bond acceptors (Lipinski definition) is 2. The van der Waals surface area contributed by atoms with Gasteiger partial charge in [0.15, 0.2) is 0 Å². The Morgan fingerprint density at radius 2 is 2.40 bits per heavy atom. The highest BCUT2D eigenvalue weighted by atomic mass is 35.5. The van der Waals surface area contributed by atoms with Gasteiger partial charge in [-0.3, -0.25) is 0 Å². The van der Waals surface area contributed by atoms with E-state index in [1.807, 2.05) is 12.1 Å². The van der Waals surface area contributed by atoms with Crippen molar-refractivity contribution in [1.29, 1.82) is 0 Å². The molecule has 0 aromatic heterocycles. The summed E-state index contributed by atoms with van der Waals surface area (Å²) in [5.74, 6) is 0. The molecular weight excluding hydrogens is 215 g/mol. The fourth-order valence-corrected chi connectivity index (χ4v) is 1.91. The molecule has 15 heavy (non-hydrogen) atoms. The Balaban J connectivity index is 1.92. The van der Waals surface area contributed by atoms with Gasteiger partial charge >= 0.3 is 0 Å². The maximum absolute atomic E-state index is 13.9. The first-order valence-corrected chi connectivity index (χ1v) is 5.45. The molecule has 1 aromatic carbocycles. The van der Waals surface area contributed by atoms with Gasteiger partial charge in [0.05, 0.1) is 6.54 Å². The summed E-state index contributed by atoms with van der Waals surface area (Å²) in [6.45, 7) is 1.52. The molecule has 1 aliphatic rings. The van der Waals surface area contributed by atoms with Gasteiger partial charge in [-0.05, 0) is 31.2 Å². The second-order valence-electron chi connectivity index (χ2n) is 3.94. The summed E-state index contributed by atoms with van der Waals surface area (Å²) < 4.78 is 13.9. The quantitative estimate of drug-likeness (QED) is 0.831. The molecule has 0 amide bonds. The predicted octanol–water partition coefficient (Wildman–Crippen LogP) is 2.45. The topological polar surface area (TPSA) is 24.1 Å². The molecular formula is C11H14ClFN2. The molecule has 1 aliphatic heterocycles. The third-order valence-corrected chi connectivity index (χ3v) is 2.86. The number of nitrogens with one attached hydrogen (secondary N) is 2. The van der Waals surface area contributed by atoms with Crippen molar-refractivity contribution in [3.63, 3.8) is 0 Å². The third-order valence-electron chi connectivity index (χ3n) is 2.63. The fourth-order valence-electron chi connectivity index (χ4n) is 1.72. The SMILES string of the molecule is FC1(CNc2cccc(Cl)c2)CCNC1. The lowest BCUT2D eigenvalue weighted by atomic mass is 10.1. The summed E-state index contributed by atoms with van der Waals surface area (Å²) in [7, 11) is 0. The van der Waals surface area contributed by atoms with Crippen molar-refractivity contribution in [2.24, 2.45) is 0 Å². The van der Waals surface area contributed by atoms with Crippen molar-refractivity contribution in [3.8, 4) is 0 Å². The van der Waals surface area contributed by atoms with E-state index in [0.717, 1.165) is 12.2 Å². The summed E-state index contributed by atoms with van der Waals surface area (Å²) in [5, 5.41) is 6.75. The molecule has 2 nitrogen and oxygen atoms in total. The van der Waals surface area contributed by atoms with Crippen LogP contribution in [0.5, 0.6) is 0 Å². The first-order valence-electron chi connectivity index (χ1n) is 5.07. The van der Waals surface area contributed by atoms with Gasteiger partial charge in [-0.25, -0.2) is 4.39 Å². The lowest BCUT2D eigenvalue weighted by Gasteiger charge is -2.19. The van der Waals surface area contributed by atoms with Gasteiger partial charge in [-0.2, -0.15) is 0 Å². The van der Waals surface area contributed by atoms with Crippen LogP contribution < -0.4 is 10.6 Å². The Kier molecular flexibility index (Phi) is 3.12. The number of benzene rings is 1. The van der Waals surface area contributed by atoms with Gasteiger partial charge in [-0.1, -0.05) is 17.7 Å². The monoisotopic (exact) mass is 228 g/mol. The van der Waals surface area contributed by atoms with Crippen LogP contribution in [0.3, 0.4) is 0 Å². The predicted molar refractivity (Wildman–Crippen MR) is 61.3 cm³/mol. The summed E-state index contributed by atoms with van der Waals surface area (Å²) in [4.78, 5) is 0. The van der Waals surface area contributed by atoms with Crippen molar-refractivity contribution >= 4 is 17.3 Å². The van der Waals surface area contributed by atoms with Crippen molar-refractivity contribution in [2.45, 2.75) is 12.1 Å². The summed E-state index contributed by atoms with van der Waals surface area (Å²) >= 11 is 5.83. The maximum Gasteiger partial charge on any atom is 0.141 e. The fraction of sp³-hybridized carbons (Fsp3) is 0.455. The molecule has 0 bridgehead atoms. The molecule has 1 aromatic rings.